The van der Waals surface area contributed by atoms with Crippen molar-refractivity contribution < 1.29 is 14.3 Å². The first-order valence-corrected chi connectivity index (χ1v) is 13.5. The summed E-state index contributed by atoms with van der Waals surface area (Å²) >= 11 is 3.46. The minimum Gasteiger partial charge on any atom is -0.496 e. The lowest BCUT2D eigenvalue weighted by atomic mass is 10.1. The Morgan fingerprint density at radius 2 is 1.60 bits per heavy atom. The van der Waals surface area contributed by atoms with Crippen LogP contribution in [0.2, 0.25) is 0 Å². The van der Waals surface area contributed by atoms with E-state index in [1.165, 1.54) is 0 Å². The minimum absolute atomic E-state index is 0.327. The van der Waals surface area contributed by atoms with E-state index in [1.807, 2.05) is 44.2 Å². The van der Waals surface area contributed by atoms with Crippen molar-refractivity contribution in [2.45, 2.75) is 13.8 Å². The molecule has 10 nitrogen and oxygen atoms in total. The zero-order chi connectivity index (χ0) is 28.4. The second-order valence-electron chi connectivity index (χ2n) is 9.44. The number of amides is 1. The van der Waals surface area contributed by atoms with Crippen LogP contribution >= 0.6 is 15.9 Å². The molecule has 0 unspecified atom stereocenters. The molecule has 1 fully saturated rings. The van der Waals surface area contributed by atoms with Crippen molar-refractivity contribution in [2.75, 3.05) is 38.2 Å². The first-order valence-electron chi connectivity index (χ1n) is 12.7. The highest BCUT2D eigenvalue weighted by Gasteiger charge is 2.26. The van der Waals surface area contributed by atoms with Crippen molar-refractivity contribution in [3.63, 3.8) is 0 Å². The number of methoxy groups -OCH3 is 1. The number of para-hydroxylation sites is 1. The van der Waals surface area contributed by atoms with E-state index in [0.29, 0.717) is 49.1 Å². The molecule has 40 heavy (non-hydrogen) atoms. The molecule has 206 valence electrons. The second kappa shape index (κ2) is 11.4. The fraction of sp³-hybridized carbons (Fsp3) is 0.241. The van der Waals surface area contributed by atoms with Gasteiger partial charge in [0.15, 0.2) is 0 Å². The fourth-order valence-electron chi connectivity index (χ4n) is 4.71. The Bertz CT molecular complexity index is 1650. The summed E-state index contributed by atoms with van der Waals surface area (Å²) in [4.78, 5) is 44.7. The number of halogens is 1. The standard InChI is InChI=1S/C29H28BrN5O5/c1-18-15-21(16-19(2)26(18)40-22-9-10-24(39-3)23(30)17-22)35-29(38)31-27(36)25(32-35)28(37)34-13-11-33(12-14-34)20-7-5-4-6-8-20/h4-10,15-17H,11-14H2,1-3H3,(H,31,36,38). The molecule has 4 aromatic rings. The van der Waals surface area contributed by atoms with Gasteiger partial charge in [0.05, 0.1) is 17.3 Å². The highest BCUT2D eigenvalue weighted by atomic mass is 79.9. The van der Waals surface area contributed by atoms with Gasteiger partial charge in [-0.2, -0.15) is 9.78 Å². The summed E-state index contributed by atoms with van der Waals surface area (Å²) in [5, 5.41) is 4.22. The zero-order valence-corrected chi connectivity index (χ0v) is 23.9. The average molecular weight is 606 g/mol. The van der Waals surface area contributed by atoms with Crippen LogP contribution in [-0.2, 0) is 0 Å². The maximum Gasteiger partial charge on any atom is 0.349 e. The summed E-state index contributed by atoms with van der Waals surface area (Å²) in [5.74, 6) is 1.39. The maximum atomic E-state index is 13.3. The summed E-state index contributed by atoms with van der Waals surface area (Å²) in [6.07, 6.45) is 0. The molecule has 0 aliphatic carbocycles. The van der Waals surface area contributed by atoms with E-state index in [-0.39, 0.29) is 5.69 Å². The molecule has 1 amide bonds. The highest BCUT2D eigenvalue weighted by molar-refractivity contribution is 9.10. The van der Waals surface area contributed by atoms with Crippen LogP contribution in [0.25, 0.3) is 5.69 Å². The number of rotatable bonds is 6. The first-order chi connectivity index (χ1) is 19.2. The molecule has 1 aliphatic rings. The van der Waals surface area contributed by atoms with E-state index in [0.717, 1.165) is 26.0 Å². The molecule has 1 N–H and O–H groups in total. The number of piperazine rings is 1. The summed E-state index contributed by atoms with van der Waals surface area (Å²) in [6, 6.07) is 18.8. The number of aromatic amines is 1. The lowest BCUT2D eigenvalue weighted by Gasteiger charge is -2.35. The van der Waals surface area contributed by atoms with Crippen LogP contribution in [0, 0.1) is 13.8 Å². The Morgan fingerprint density at radius 3 is 2.23 bits per heavy atom. The molecule has 0 bridgehead atoms. The number of nitrogens with zero attached hydrogens (tertiary/aromatic N) is 4. The van der Waals surface area contributed by atoms with Crippen LogP contribution in [0.5, 0.6) is 17.2 Å². The maximum absolute atomic E-state index is 13.3. The van der Waals surface area contributed by atoms with Gasteiger partial charge in [0.25, 0.3) is 11.5 Å². The van der Waals surface area contributed by atoms with Crippen molar-refractivity contribution in [1.29, 1.82) is 0 Å². The minimum atomic E-state index is -0.810. The normalized spacial score (nSPS) is 13.3. The SMILES string of the molecule is COc1ccc(Oc2c(C)cc(-n3nc(C(=O)N4CCN(c5ccccc5)CC4)c(=O)[nH]c3=O)cc2C)cc1Br. The Labute approximate surface area is 238 Å². The second-order valence-corrected chi connectivity index (χ2v) is 10.3. The quantitative estimate of drug-likeness (QED) is 0.353. The number of benzene rings is 3. The van der Waals surface area contributed by atoms with E-state index in [2.05, 4.69) is 30.9 Å². The number of hydrogen-bond acceptors (Lipinski definition) is 7. The number of carbonyl (C=O) groups is 1. The van der Waals surface area contributed by atoms with Crippen LogP contribution in [0.15, 0.2) is 74.7 Å². The van der Waals surface area contributed by atoms with Crippen molar-refractivity contribution >= 4 is 27.5 Å². The van der Waals surface area contributed by atoms with E-state index in [9.17, 15) is 14.4 Å². The lowest BCUT2D eigenvalue weighted by Crippen LogP contribution is -2.50. The van der Waals surface area contributed by atoms with E-state index in [4.69, 9.17) is 9.47 Å². The Kier molecular flexibility index (Phi) is 7.74. The molecule has 5 rings (SSSR count). The van der Waals surface area contributed by atoms with Gasteiger partial charge in [0, 0.05) is 31.9 Å². The van der Waals surface area contributed by atoms with E-state index >= 15 is 0 Å². The number of ether oxygens (including phenoxy) is 2. The lowest BCUT2D eigenvalue weighted by molar-refractivity contribution is 0.0736. The van der Waals surface area contributed by atoms with Crippen LogP contribution in [0.3, 0.4) is 0 Å². The molecule has 0 saturated carbocycles. The molecule has 11 heteroatoms. The van der Waals surface area contributed by atoms with Crippen LogP contribution in [0.4, 0.5) is 5.69 Å². The molecule has 1 saturated heterocycles. The number of hydrogen-bond donors (Lipinski definition) is 1. The Balaban J connectivity index is 1.39. The van der Waals surface area contributed by atoms with E-state index in [1.54, 1.807) is 42.3 Å². The van der Waals surface area contributed by atoms with Crippen LogP contribution < -0.4 is 25.6 Å². The number of anilines is 1. The largest absolute Gasteiger partial charge is 0.496 e. The molecule has 0 spiro atoms. The monoisotopic (exact) mass is 605 g/mol. The Morgan fingerprint density at radius 1 is 0.925 bits per heavy atom. The van der Waals surface area contributed by atoms with Gasteiger partial charge in [-0.15, -0.1) is 0 Å². The number of nitrogens with one attached hydrogen (secondary N) is 1. The van der Waals surface area contributed by atoms with Crippen molar-refractivity contribution in [3.05, 3.63) is 103 Å². The number of aryl methyl sites for hydroxylation is 2. The summed E-state index contributed by atoms with van der Waals surface area (Å²) in [7, 11) is 1.59. The van der Waals surface area contributed by atoms with Gasteiger partial charge < -0.3 is 19.3 Å². The number of aromatic nitrogens is 3. The highest BCUT2D eigenvalue weighted by Crippen LogP contribution is 2.34. The van der Waals surface area contributed by atoms with Gasteiger partial charge >= 0.3 is 5.69 Å². The van der Waals surface area contributed by atoms with Gasteiger partial charge in [-0.1, -0.05) is 18.2 Å². The third-order valence-corrected chi connectivity index (χ3v) is 7.37. The average Bonchev–Trinajstić information content (AvgIpc) is 2.95. The Hall–Kier alpha value is -4.38. The van der Waals surface area contributed by atoms with Crippen LogP contribution in [-0.4, -0.2) is 58.9 Å². The van der Waals surface area contributed by atoms with Gasteiger partial charge in [0.2, 0.25) is 5.69 Å². The summed E-state index contributed by atoms with van der Waals surface area (Å²) in [6.45, 7) is 5.80. The third-order valence-electron chi connectivity index (χ3n) is 6.75. The third kappa shape index (κ3) is 5.50. The first kappa shape index (κ1) is 27.2. The van der Waals surface area contributed by atoms with Crippen molar-refractivity contribution in [1.82, 2.24) is 19.7 Å². The molecule has 0 atom stereocenters. The topological polar surface area (TPSA) is 110 Å². The van der Waals surface area contributed by atoms with Gasteiger partial charge in [-0.25, -0.2) is 4.79 Å². The zero-order valence-electron chi connectivity index (χ0n) is 22.3. The predicted octanol–water partition coefficient (Wildman–Crippen LogP) is 4.06. The molecule has 1 aromatic heterocycles. The van der Waals surface area contributed by atoms with Gasteiger partial charge in [0.1, 0.15) is 17.2 Å². The molecule has 1 aliphatic heterocycles. The van der Waals surface area contributed by atoms with Gasteiger partial charge in [-0.3, -0.25) is 14.6 Å². The number of H-pyrrole nitrogens is 1. The predicted molar refractivity (Wildman–Crippen MR) is 155 cm³/mol. The van der Waals surface area contributed by atoms with Crippen molar-refractivity contribution in [3.8, 4) is 22.9 Å². The molecule has 3 aromatic carbocycles. The smallest absolute Gasteiger partial charge is 0.349 e. The van der Waals surface area contributed by atoms with Crippen molar-refractivity contribution in [2.24, 2.45) is 0 Å². The summed E-state index contributed by atoms with van der Waals surface area (Å²) in [5.41, 5.74) is 1.10. The summed E-state index contributed by atoms with van der Waals surface area (Å²) < 4.78 is 13.2. The number of carbonyl (C=O) groups excluding carboxylic acids is 1. The van der Waals surface area contributed by atoms with E-state index < -0.39 is 17.2 Å². The molecular formula is C29H28BrN5O5. The fourth-order valence-corrected chi connectivity index (χ4v) is 5.23. The van der Waals surface area contributed by atoms with Crippen LogP contribution in [0.1, 0.15) is 21.6 Å². The molecule has 2 heterocycles. The molecule has 0 radical (unpaired) electrons. The van der Waals surface area contributed by atoms with Gasteiger partial charge in [-0.05, 0) is 83.4 Å². The molecular weight excluding hydrogens is 578 g/mol.